The van der Waals surface area contributed by atoms with Crippen LogP contribution in [0.15, 0.2) is 10.8 Å². The van der Waals surface area contributed by atoms with Gasteiger partial charge in [-0.1, -0.05) is 37.3 Å². The van der Waals surface area contributed by atoms with Crippen LogP contribution in [0.2, 0.25) is 5.02 Å². The monoisotopic (exact) mass is 301 g/mol. The summed E-state index contributed by atoms with van der Waals surface area (Å²) < 4.78 is 0. The molecule has 0 saturated heterocycles. The summed E-state index contributed by atoms with van der Waals surface area (Å²) in [5, 5.41) is 15.9. The number of carbonyl (C=O) groups is 2. The predicted molar refractivity (Wildman–Crippen MR) is 74.9 cm³/mol. The van der Waals surface area contributed by atoms with Crippen LogP contribution in [0.4, 0.5) is 0 Å². The van der Waals surface area contributed by atoms with Crippen molar-refractivity contribution in [1.29, 1.82) is 0 Å². The molecule has 1 aromatic heterocycles. The van der Waals surface area contributed by atoms with Gasteiger partial charge in [0.2, 0.25) is 0 Å². The van der Waals surface area contributed by atoms with E-state index in [1.807, 2.05) is 0 Å². The molecule has 1 heterocycles. The largest absolute Gasteiger partial charge is 0.480 e. The van der Waals surface area contributed by atoms with E-state index >= 15 is 0 Å². The van der Waals surface area contributed by atoms with Crippen LogP contribution in [0, 0.1) is 0 Å². The Morgan fingerprint density at radius 2 is 1.84 bits per heavy atom. The number of hydrogen-bond acceptors (Lipinski definition) is 3. The van der Waals surface area contributed by atoms with Crippen LogP contribution in [-0.2, 0) is 4.79 Å². The zero-order valence-electron chi connectivity index (χ0n) is 10.4. The summed E-state index contributed by atoms with van der Waals surface area (Å²) in [6, 6.07) is 0. The molecule has 0 atom stereocenters. The Morgan fingerprint density at radius 1 is 1.21 bits per heavy atom. The Kier molecular flexibility index (Phi) is 4.47. The van der Waals surface area contributed by atoms with Gasteiger partial charge in [0.25, 0.3) is 5.91 Å². The zero-order valence-corrected chi connectivity index (χ0v) is 12.0. The molecule has 1 aliphatic rings. The van der Waals surface area contributed by atoms with Gasteiger partial charge in [0.1, 0.15) is 5.54 Å². The molecule has 2 rings (SSSR count). The Morgan fingerprint density at radius 3 is 2.32 bits per heavy atom. The molecule has 0 aliphatic heterocycles. The molecule has 1 aromatic rings. The third kappa shape index (κ3) is 3.09. The average molecular weight is 302 g/mol. The van der Waals surface area contributed by atoms with Crippen LogP contribution in [0.5, 0.6) is 0 Å². The third-order valence-corrected chi connectivity index (χ3v) is 4.76. The molecule has 2 N–H and O–H groups in total. The fraction of sp³-hybridized carbons (Fsp3) is 0.538. The summed E-state index contributed by atoms with van der Waals surface area (Å²) >= 11 is 7.24. The molecule has 0 unspecified atom stereocenters. The van der Waals surface area contributed by atoms with E-state index in [1.165, 1.54) is 11.3 Å². The van der Waals surface area contributed by atoms with Crippen LogP contribution >= 0.6 is 22.9 Å². The first kappa shape index (κ1) is 14.3. The van der Waals surface area contributed by atoms with Gasteiger partial charge in [-0.3, -0.25) is 4.79 Å². The maximum absolute atomic E-state index is 12.2. The maximum Gasteiger partial charge on any atom is 0.329 e. The molecule has 1 fully saturated rings. The minimum atomic E-state index is -1.14. The van der Waals surface area contributed by atoms with Crippen LogP contribution < -0.4 is 5.32 Å². The number of hydrogen-bond donors (Lipinski definition) is 2. The summed E-state index contributed by atoms with van der Waals surface area (Å²) in [7, 11) is 0. The molecule has 0 spiro atoms. The second-order valence-electron chi connectivity index (χ2n) is 4.89. The van der Waals surface area contributed by atoms with Crippen molar-refractivity contribution in [2.45, 2.75) is 44.1 Å². The Balaban J connectivity index is 2.19. The molecule has 1 saturated carbocycles. The van der Waals surface area contributed by atoms with Gasteiger partial charge in [0, 0.05) is 10.8 Å². The van der Waals surface area contributed by atoms with E-state index in [1.54, 1.807) is 10.8 Å². The third-order valence-electron chi connectivity index (χ3n) is 3.58. The lowest BCUT2D eigenvalue weighted by Gasteiger charge is -2.29. The number of carboxylic acid groups (broad SMARTS) is 1. The summed E-state index contributed by atoms with van der Waals surface area (Å²) in [5.74, 6) is -1.34. The molecular formula is C13H16ClNO3S. The maximum atomic E-state index is 12.2. The highest BCUT2D eigenvalue weighted by molar-refractivity contribution is 7.08. The lowest BCUT2D eigenvalue weighted by atomic mass is 9.90. The first-order chi connectivity index (χ1) is 9.05. The first-order valence-corrected chi connectivity index (χ1v) is 7.65. The lowest BCUT2D eigenvalue weighted by molar-refractivity contribution is -0.145. The Hall–Kier alpha value is -1.07. The number of carbonyl (C=O) groups excluding carboxylic acids is 1. The highest BCUT2D eigenvalue weighted by Crippen LogP contribution is 2.29. The molecule has 1 aliphatic carbocycles. The highest BCUT2D eigenvalue weighted by Gasteiger charge is 2.40. The highest BCUT2D eigenvalue weighted by atomic mass is 35.5. The average Bonchev–Trinajstić information content (AvgIpc) is 2.64. The molecule has 1 amide bonds. The van der Waals surface area contributed by atoms with Crippen LogP contribution in [0.1, 0.15) is 48.9 Å². The van der Waals surface area contributed by atoms with Crippen molar-refractivity contribution in [3.05, 3.63) is 21.3 Å². The van der Waals surface area contributed by atoms with Crippen molar-refractivity contribution in [2.75, 3.05) is 0 Å². The van der Waals surface area contributed by atoms with E-state index in [4.69, 9.17) is 11.6 Å². The minimum absolute atomic E-state index is 0.358. The molecule has 4 nitrogen and oxygen atoms in total. The minimum Gasteiger partial charge on any atom is -0.480 e. The van der Waals surface area contributed by atoms with E-state index in [9.17, 15) is 14.7 Å². The Labute approximate surface area is 120 Å². The topological polar surface area (TPSA) is 66.4 Å². The van der Waals surface area contributed by atoms with E-state index in [0.29, 0.717) is 23.4 Å². The van der Waals surface area contributed by atoms with Crippen molar-refractivity contribution in [3.8, 4) is 0 Å². The van der Waals surface area contributed by atoms with Gasteiger partial charge >= 0.3 is 5.97 Å². The Bertz CT molecular complexity index is 478. The van der Waals surface area contributed by atoms with Gasteiger partial charge in [0.05, 0.1) is 10.6 Å². The number of nitrogens with one attached hydrogen (secondary N) is 1. The molecule has 0 radical (unpaired) electrons. The molecular weight excluding hydrogens is 286 g/mol. The van der Waals surface area contributed by atoms with E-state index < -0.39 is 17.4 Å². The van der Waals surface area contributed by atoms with Crippen molar-refractivity contribution < 1.29 is 14.7 Å². The van der Waals surface area contributed by atoms with Crippen molar-refractivity contribution in [3.63, 3.8) is 0 Å². The summed E-state index contributed by atoms with van der Waals surface area (Å²) in [4.78, 5) is 23.7. The van der Waals surface area contributed by atoms with Crippen molar-refractivity contribution in [2.24, 2.45) is 0 Å². The van der Waals surface area contributed by atoms with E-state index in [-0.39, 0.29) is 0 Å². The number of amides is 1. The predicted octanol–water partition coefficient (Wildman–Crippen LogP) is 3.31. The quantitative estimate of drug-likeness (QED) is 0.842. The van der Waals surface area contributed by atoms with Crippen LogP contribution in [-0.4, -0.2) is 22.5 Å². The van der Waals surface area contributed by atoms with Gasteiger partial charge in [-0.05, 0) is 12.8 Å². The number of aliphatic carboxylic acids is 1. The van der Waals surface area contributed by atoms with Gasteiger partial charge in [0.15, 0.2) is 0 Å². The summed E-state index contributed by atoms with van der Waals surface area (Å²) in [6.07, 6.45) is 4.65. The molecule has 0 bridgehead atoms. The summed E-state index contributed by atoms with van der Waals surface area (Å²) in [6.45, 7) is 0. The van der Waals surface area contributed by atoms with E-state index in [0.717, 1.165) is 25.7 Å². The molecule has 0 aromatic carbocycles. The molecule has 104 valence electrons. The fourth-order valence-electron chi connectivity index (χ4n) is 2.45. The van der Waals surface area contributed by atoms with Gasteiger partial charge in [-0.15, -0.1) is 11.3 Å². The second kappa shape index (κ2) is 5.92. The summed E-state index contributed by atoms with van der Waals surface area (Å²) in [5.41, 5.74) is -0.782. The van der Waals surface area contributed by atoms with Crippen LogP contribution in [0.25, 0.3) is 0 Å². The van der Waals surface area contributed by atoms with Gasteiger partial charge in [-0.25, -0.2) is 4.79 Å². The van der Waals surface area contributed by atoms with Gasteiger partial charge in [-0.2, -0.15) is 0 Å². The fourth-order valence-corrected chi connectivity index (χ4v) is 3.50. The lowest BCUT2D eigenvalue weighted by Crippen LogP contribution is -2.54. The van der Waals surface area contributed by atoms with Crippen molar-refractivity contribution >= 4 is 34.8 Å². The number of rotatable bonds is 3. The molecule has 6 heteroatoms. The standard InChI is InChI=1S/C13H16ClNO3S/c14-10-8-19-7-9(10)11(16)15-13(12(17)18)5-3-1-2-4-6-13/h7-8H,1-6H2,(H,15,16)(H,17,18). The zero-order chi connectivity index (χ0) is 13.9. The second-order valence-corrected chi connectivity index (χ2v) is 6.04. The molecule has 19 heavy (non-hydrogen) atoms. The first-order valence-electron chi connectivity index (χ1n) is 6.33. The smallest absolute Gasteiger partial charge is 0.329 e. The van der Waals surface area contributed by atoms with Crippen molar-refractivity contribution in [1.82, 2.24) is 5.32 Å². The number of halogens is 1. The number of carboxylic acids is 1. The SMILES string of the molecule is O=C(NC1(C(=O)O)CCCCCC1)c1cscc1Cl. The normalized spacial score (nSPS) is 18.6. The number of thiophene rings is 1. The van der Waals surface area contributed by atoms with E-state index in [2.05, 4.69) is 5.32 Å². The van der Waals surface area contributed by atoms with Crippen LogP contribution in [0.3, 0.4) is 0 Å². The van der Waals surface area contributed by atoms with Gasteiger partial charge < -0.3 is 10.4 Å².